The number of hydrogen-bond donors (Lipinski definition) is 4. The third-order valence-electron chi connectivity index (χ3n) is 9.05. The number of likely N-dealkylation sites (tertiary alicyclic amines) is 1. The Morgan fingerprint density at radius 3 is 2.50 bits per heavy atom. The number of rotatable bonds is 19. The Hall–Kier alpha value is -3.85. The summed E-state index contributed by atoms with van der Waals surface area (Å²) in [4.78, 5) is 38.2. The molecule has 0 aromatic rings. The Balaban J connectivity index is 0.000000800. The van der Waals surface area contributed by atoms with Crippen LogP contribution in [0.25, 0.3) is 0 Å². The Morgan fingerprint density at radius 2 is 1.88 bits per heavy atom. The van der Waals surface area contributed by atoms with Gasteiger partial charge in [-0.2, -0.15) is 0 Å². The lowest BCUT2D eigenvalue weighted by Crippen LogP contribution is -2.55. The van der Waals surface area contributed by atoms with Crippen LogP contribution >= 0.6 is 0 Å². The largest absolute Gasteiger partial charge is 0.502 e. The summed E-state index contributed by atoms with van der Waals surface area (Å²) in [5.74, 6) is 0.636. The van der Waals surface area contributed by atoms with Crippen molar-refractivity contribution in [2.75, 3.05) is 27.2 Å². The van der Waals surface area contributed by atoms with E-state index in [4.69, 9.17) is 4.74 Å². The van der Waals surface area contributed by atoms with Gasteiger partial charge in [-0.1, -0.05) is 73.8 Å². The average molecular weight is 666 g/mol. The van der Waals surface area contributed by atoms with E-state index in [9.17, 15) is 14.4 Å². The topological polar surface area (TPSA) is 112 Å². The van der Waals surface area contributed by atoms with Crippen LogP contribution in [0.1, 0.15) is 86.0 Å². The monoisotopic (exact) mass is 665 g/mol. The van der Waals surface area contributed by atoms with Crippen LogP contribution in [-0.4, -0.2) is 74.5 Å². The van der Waals surface area contributed by atoms with Gasteiger partial charge in [0.2, 0.25) is 18.2 Å². The van der Waals surface area contributed by atoms with Crippen LogP contribution in [0.2, 0.25) is 0 Å². The van der Waals surface area contributed by atoms with Crippen LogP contribution in [0.15, 0.2) is 84.4 Å². The second-order valence-electron chi connectivity index (χ2n) is 12.5. The molecular weight excluding hydrogens is 602 g/mol. The SMILES string of the molecule is C=CC(=CC/C=C(\C)OC)CCNC(=C)C(C)N1C(=O)C(NC=O)C(CCNC(C)=O)CCC1CC.CNC(C)CC1=CC=CC=CC1. The maximum atomic E-state index is 13.7. The van der Waals surface area contributed by atoms with Gasteiger partial charge >= 0.3 is 0 Å². The van der Waals surface area contributed by atoms with Crippen LogP contribution < -0.4 is 21.3 Å². The molecule has 0 saturated carbocycles. The van der Waals surface area contributed by atoms with Crippen molar-refractivity contribution in [3.8, 4) is 0 Å². The second kappa shape index (κ2) is 24.3. The molecule has 1 fully saturated rings. The molecule has 3 amide bonds. The maximum absolute atomic E-state index is 13.7. The van der Waals surface area contributed by atoms with Crippen LogP contribution in [0.3, 0.4) is 0 Å². The van der Waals surface area contributed by atoms with Crippen molar-refractivity contribution in [2.45, 2.75) is 110 Å². The van der Waals surface area contributed by atoms with Gasteiger partial charge in [0.15, 0.2) is 0 Å². The van der Waals surface area contributed by atoms with E-state index in [-0.39, 0.29) is 29.8 Å². The Morgan fingerprint density at radius 1 is 1.12 bits per heavy atom. The van der Waals surface area contributed by atoms with Gasteiger partial charge in [-0.05, 0) is 91.2 Å². The third kappa shape index (κ3) is 15.8. The molecule has 1 heterocycles. The molecule has 4 N–H and O–H groups in total. The van der Waals surface area contributed by atoms with Crippen LogP contribution in [-0.2, 0) is 19.1 Å². The van der Waals surface area contributed by atoms with Crippen molar-refractivity contribution in [1.29, 1.82) is 0 Å². The van der Waals surface area contributed by atoms with Gasteiger partial charge in [-0.25, -0.2) is 0 Å². The Labute approximate surface area is 290 Å². The predicted molar refractivity (Wildman–Crippen MR) is 199 cm³/mol. The van der Waals surface area contributed by atoms with Crippen LogP contribution in [0.5, 0.6) is 0 Å². The minimum absolute atomic E-state index is 0.0434. The molecule has 0 spiro atoms. The Bertz CT molecular complexity index is 1180. The van der Waals surface area contributed by atoms with Crippen LogP contribution in [0.4, 0.5) is 0 Å². The smallest absolute Gasteiger partial charge is 0.246 e. The van der Waals surface area contributed by atoms with E-state index >= 15 is 0 Å². The molecule has 5 unspecified atom stereocenters. The lowest BCUT2D eigenvalue weighted by Gasteiger charge is -2.38. The molecule has 0 bridgehead atoms. The van der Waals surface area contributed by atoms with Crippen molar-refractivity contribution >= 4 is 18.2 Å². The maximum Gasteiger partial charge on any atom is 0.246 e. The summed E-state index contributed by atoms with van der Waals surface area (Å²) in [6, 6.07) is -0.235. The number of nitrogens with one attached hydrogen (secondary N) is 4. The second-order valence-corrected chi connectivity index (χ2v) is 12.5. The molecule has 9 heteroatoms. The third-order valence-corrected chi connectivity index (χ3v) is 9.05. The first-order valence-corrected chi connectivity index (χ1v) is 17.4. The first-order valence-electron chi connectivity index (χ1n) is 17.4. The van der Waals surface area contributed by atoms with Gasteiger partial charge < -0.3 is 30.9 Å². The van der Waals surface area contributed by atoms with Crippen molar-refractivity contribution < 1.29 is 19.1 Å². The first-order chi connectivity index (χ1) is 23.0. The standard InChI is InChI=1S/C28H46N4O4.C11H17N/c1-8-24(12-10-11-20(3)36-7)15-17-29-21(4)22(5)32-26(9-2)14-13-25(16-18-30-23(6)34)27(28(32)35)31-19-33;1-10(12-2)9-11-7-5-3-4-6-8-11/h8,11-12,19,22,25-27,29H,1,4,9-10,13-18H2,2-3,5-7H3,(H,30,34)(H,31,33);3-7,10,12H,8-9H2,1-2H3/b20-11+,24-12?;. The number of nitrogens with zero attached hydrogens (tertiary/aromatic N) is 1. The fraction of sp³-hybridized carbons (Fsp3) is 0.564. The fourth-order valence-corrected chi connectivity index (χ4v) is 5.89. The minimum Gasteiger partial charge on any atom is -0.502 e. The van der Waals surface area contributed by atoms with Gasteiger partial charge in [-0.3, -0.25) is 14.4 Å². The summed E-state index contributed by atoms with van der Waals surface area (Å²) in [5.41, 5.74) is 3.39. The predicted octanol–water partition coefficient (Wildman–Crippen LogP) is 6.01. The zero-order valence-electron chi connectivity index (χ0n) is 30.6. The highest BCUT2D eigenvalue weighted by Crippen LogP contribution is 2.29. The highest BCUT2D eigenvalue weighted by atomic mass is 16.5. The molecule has 5 atom stereocenters. The first kappa shape index (κ1) is 42.2. The van der Waals surface area contributed by atoms with Crippen molar-refractivity contribution in [3.05, 3.63) is 84.4 Å². The molecule has 9 nitrogen and oxygen atoms in total. The summed E-state index contributed by atoms with van der Waals surface area (Å²) < 4.78 is 5.17. The number of ether oxygens (including phenoxy) is 1. The summed E-state index contributed by atoms with van der Waals surface area (Å²) in [5, 5.41) is 12.2. The fourth-order valence-electron chi connectivity index (χ4n) is 5.89. The van der Waals surface area contributed by atoms with E-state index in [2.05, 4.69) is 84.7 Å². The van der Waals surface area contributed by atoms with Crippen molar-refractivity contribution in [2.24, 2.45) is 5.92 Å². The molecule has 0 radical (unpaired) electrons. The van der Waals surface area contributed by atoms with Gasteiger partial charge in [0.1, 0.15) is 6.04 Å². The van der Waals surface area contributed by atoms with Gasteiger partial charge in [0.05, 0.1) is 18.9 Å². The Kier molecular flexibility index (Phi) is 21.4. The van der Waals surface area contributed by atoms with Gasteiger partial charge in [0.25, 0.3) is 0 Å². The minimum atomic E-state index is -0.623. The summed E-state index contributed by atoms with van der Waals surface area (Å²) in [6.07, 6.45) is 24.2. The van der Waals surface area contributed by atoms with Crippen molar-refractivity contribution in [3.63, 3.8) is 0 Å². The molecule has 1 aliphatic carbocycles. The summed E-state index contributed by atoms with van der Waals surface area (Å²) in [6.45, 7) is 18.9. The summed E-state index contributed by atoms with van der Waals surface area (Å²) >= 11 is 0. The number of carbonyl (C=O) groups excluding carboxylic acids is 3. The average Bonchev–Trinajstić information content (AvgIpc) is 3.41. The van der Waals surface area contributed by atoms with E-state index in [0.717, 1.165) is 62.0 Å². The number of hydrogen-bond acceptors (Lipinski definition) is 6. The molecule has 1 aliphatic heterocycles. The lowest BCUT2D eigenvalue weighted by atomic mass is 9.91. The van der Waals surface area contributed by atoms with E-state index < -0.39 is 6.04 Å². The van der Waals surface area contributed by atoms with Crippen LogP contribution in [0, 0.1) is 5.92 Å². The molecule has 1 saturated heterocycles. The van der Waals surface area contributed by atoms with E-state index in [1.165, 1.54) is 12.5 Å². The van der Waals surface area contributed by atoms with E-state index in [1.807, 2.05) is 37.9 Å². The molecular formula is C39H63N5O4. The molecule has 2 aliphatic rings. The van der Waals surface area contributed by atoms with Gasteiger partial charge in [0, 0.05) is 37.8 Å². The molecule has 48 heavy (non-hydrogen) atoms. The quantitative estimate of drug-likeness (QED) is 0.0765. The normalized spacial score (nSPS) is 21.0. The number of carbonyl (C=O) groups is 3. The number of methoxy groups -OCH3 is 1. The lowest BCUT2D eigenvalue weighted by molar-refractivity contribution is -0.138. The number of amides is 3. The molecule has 0 aromatic carbocycles. The highest BCUT2D eigenvalue weighted by Gasteiger charge is 2.40. The van der Waals surface area contributed by atoms with Crippen molar-refractivity contribution in [1.82, 2.24) is 26.2 Å². The van der Waals surface area contributed by atoms with E-state index in [1.54, 1.807) is 7.11 Å². The molecule has 0 aromatic heterocycles. The zero-order valence-corrected chi connectivity index (χ0v) is 30.6. The van der Waals surface area contributed by atoms with E-state index in [0.29, 0.717) is 32.0 Å². The molecule has 268 valence electrons. The highest BCUT2D eigenvalue weighted by molar-refractivity contribution is 5.85. The zero-order chi connectivity index (χ0) is 35.9. The number of allylic oxidation sites excluding steroid dienone is 9. The van der Waals surface area contributed by atoms with Gasteiger partial charge in [-0.15, -0.1) is 0 Å². The molecule has 2 rings (SSSR count). The summed E-state index contributed by atoms with van der Waals surface area (Å²) in [7, 11) is 3.66.